The number of nitrogens with one attached hydrogen (secondary N) is 1. The first-order chi connectivity index (χ1) is 16.9. The SMILES string of the molecule is CCN(C(N)=O)c1nc2cc(-c3cnc(NS(=O)(=O)C(C)(C)C)nc3)cc(-c3ccc(O)cn3)c2s1. The van der Waals surface area contributed by atoms with Gasteiger partial charge in [0.15, 0.2) is 5.13 Å². The molecule has 0 unspecified atom stereocenters. The first kappa shape index (κ1) is 25.3. The number of aromatic hydroxyl groups is 1. The van der Waals surface area contributed by atoms with Gasteiger partial charge in [0.1, 0.15) is 5.75 Å². The Morgan fingerprint density at radius 2 is 1.81 bits per heavy atom. The zero-order valence-electron chi connectivity index (χ0n) is 20.1. The number of nitrogens with zero attached hydrogens (tertiary/aromatic N) is 5. The molecular formula is C23H25N7O4S2. The molecule has 4 aromatic rings. The van der Waals surface area contributed by atoms with Crippen LogP contribution in [0.2, 0.25) is 0 Å². The molecule has 0 aliphatic heterocycles. The molecule has 1 aromatic carbocycles. The summed E-state index contributed by atoms with van der Waals surface area (Å²) in [7, 11) is -3.67. The fraction of sp³-hybridized carbons (Fsp3) is 0.261. The van der Waals surface area contributed by atoms with Gasteiger partial charge >= 0.3 is 6.03 Å². The third-order valence-corrected chi connectivity index (χ3v) is 8.52. The van der Waals surface area contributed by atoms with E-state index in [1.54, 1.807) is 33.8 Å². The summed E-state index contributed by atoms with van der Waals surface area (Å²) in [4.78, 5) is 30.6. The first-order valence-electron chi connectivity index (χ1n) is 10.9. The van der Waals surface area contributed by atoms with Crippen LogP contribution in [0.25, 0.3) is 32.6 Å². The third kappa shape index (κ3) is 4.93. The van der Waals surface area contributed by atoms with Crippen molar-refractivity contribution in [3.05, 3.63) is 42.9 Å². The Hall–Kier alpha value is -3.84. The number of nitrogens with two attached hydrogens (primary N) is 1. The van der Waals surface area contributed by atoms with Crippen molar-refractivity contribution >= 4 is 48.7 Å². The highest BCUT2D eigenvalue weighted by atomic mass is 32.2. The van der Waals surface area contributed by atoms with Crippen LogP contribution in [0.5, 0.6) is 5.75 Å². The third-order valence-electron chi connectivity index (χ3n) is 5.33. The Labute approximate surface area is 212 Å². The van der Waals surface area contributed by atoms with Crippen LogP contribution in [0.4, 0.5) is 15.9 Å². The maximum absolute atomic E-state index is 12.4. The zero-order chi connectivity index (χ0) is 26.3. The molecule has 36 heavy (non-hydrogen) atoms. The van der Waals surface area contributed by atoms with Crippen molar-refractivity contribution in [3.8, 4) is 28.1 Å². The molecule has 0 saturated carbocycles. The van der Waals surface area contributed by atoms with Gasteiger partial charge in [-0.3, -0.25) is 14.6 Å². The van der Waals surface area contributed by atoms with Gasteiger partial charge in [-0.05, 0) is 57.5 Å². The number of primary amides is 1. The Balaban J connectivity index is 1.81. The molecule has 0 aliphatic rings. The van der Waals surface area contributed by atoms with Gasteiger partial charge in [0.2, 0.25) is 16.0 Å². The van der Waals surface area contributed by atoms with E-state index in [0.717, 1.165) is 10.3 Å². The van der Waals surface area contributed by atoms with Crippen molar-refractivity contribution in [2.45, 2.75) is 32.4 Å². The highest BCUT2D eigenvalue weighted by Crippen LogP contribution is 2.39. The highest BCUT2D eigenvalue weighted by Gasteiger charge is 2.29. The topological polar surface area (TPSA) is 164 Å². The maximum atomic E-state index is 12.4. The minimum atomic E-state index is -3.67. The molecule has 13 heteroatoms. The summed E-state index contributed by atoms with van der Waals surface area (Å²) in [6, 6.07) is 6.31. The molecule has 0 saturated heterocycles. The molecule has 0 fully saturated rings. The number of hydrogen-bond donors (Lipinski definition) is 3. The van der Waals surface area contributed by atoms with Crippen LogP contribution < -0.4 is 15.4 Å². The number of thiazole rings is 1. The summed E-state index contributed by atoms with van der Waals surface area (Å²) in [6.07, 6.45) is 4.37. The van der Waals surface area contributed by atoms with Crippen LogP contribution in [-0.4, -0.2) is 50.8 Å². The normalized spacial score (nSPS) is 12.0. The zero-order valence-corrected chi connectivity index (χ0v) is 21.7. The average molecular weight is 528 g/mol. The summed E-state index contributed by atoms with van der Waals surface area (Å²) in [6.45, 7) is 6.90. The van der Waals surface area contributed by atoms with Crippen LogP contribution in [0.3, 0.4) is 0 Å². The van der Waals surface area contributed by atoms with Crippen molar-refractivity contribution in [3.63, 3.8) is 0 Å². The van der Waals surface area contributed by atoms with E-state index in [4.69, 9.17) is 5.73 Å². The van der Waals surface area contributed by atoms with Gasteiger partial charge < -0.3 is 10.8 Å². The van der Waals surface area contributed by atoms with E-state index in [1.165, 1.54) is 40.9 Å². The van der Waals surface area contributed by atoms with Gasteiger partial charge in [-0.25, -0.2) is 28.2 Å². The molecule has 2 amide bonds. The number of sulfonamides is 1. The minimum absolute atomic E-state index is 0.0312. The van der Waals surface area contributed by atoms with Crippen molar-refractivity contribution in [1.82, 2.24) is 19.9 Å². The first-order valence-corrected chi connectivity index (χ1v) is 13.2. The lowest BCUT2D eigenvalue weighted by atomic mass is 10.0. The number of carbonyl (C=O) groups excluding carboxylic acids is 1. The van der Waals surface area contributed by atoms with Crippen molar-refractivity contribution in [2.24, 2.45) is 5.73 Å². The van der Waals surface area contributed by atoms with Crippen LogP contribution in [0.15, 0.2) is 42.9 Å². The van der Waals surface area contributed by atoms with Crippen LogP contribution in [0, 0.1) is 0 Å². The van der Waals surface area contributed by atoms with Crippen molar-refractivity contribution in [1.29, 1.82) is 0 Å². The van der Waals surface area contributed by atoms with E-state index >= 15 is 0 Å². The quantitative estimate of drug-likeness (QED) is 0.339. The Bertz CT molecular complexity index is 1530. The molecule has 11 nitrogen and oxygen atoms in total. The molecule has 0 radical (unpaired) electrons. The Kier molecular flexibility index (Phi) is 6.54. The molecular weight excluding hydrogens is 502 g/mol. The van der Waals surface area contributed by atoms with Gasteiger partial charge in [-0.2, -0.15) is 0 Å². The van der Waals surface area contributed by atoms with Crippen LogP contribution in [0.1, 0.15) is 27.7 Å². The van der Waals surface area contributed by atoms with Crippen LogP contribution >= 0.6 is 11.3 Å². The predicted molar refractivity (Wildman–Crippen MR) is 140 cm³/mol. The fourth-order valence-corrected chi connectivity index (χ4v) is 5.02. The molecule has 0 bridgehead atoms. The Morgan fingerprint density at radius 1 is 1.11 bits per heavy atom. The van der Waals surface area contributed by atoms with Gasteiger partial charge in [0, 0.05) is 30.1 Å². The molecule has 0 spiro atoms. The standard InChI is InChI=1S/C23H25N7O4S2/c1-5-30(20(24)32)22-28-18-9-13(8-16(19(18)35-22)17-7-6-15(31)12-25-17)14-10-26-21(27-11-14)29-36(33,34)23(2,3)4/h6-12,31H,5H2,1-4H3,(H2,24,32)(H,26,27,29). The predicted octanol–water partition coefficient (Wildman–Crippen LogP) is 3.97. The second-order valence-corrected chi connectivity index (χ2v) is 12.3. The minimum Gasteiger partial charge on any atom is -0.506 e. The van der Waals surface area contributed by atoms with E-state index in [0.29, 0.717) is 34.0 Å². The number of hydrogen-bond acceptors (Lipinski definition) is 9. The molecule has 4 N–H and O–H groups in total. The average Bonchev–Trinajstić information content (AvgIpc) is 3.22. The largest absolute Gasteiger partial charge is 0.506 e. The molecule has 4 rings (SSSR count). The highest BCUT2D eigenvalue weighted by molar-refractivity contribution is 7.94. The van der Waals surface area contributed by atoms with E-state index in [2.05, 4.69) is 24.7 Å². The number of rotatable bonds is 6. The van der Waals surface area contributed by atoms with E-state index < -0.39 is 20.8 Å². The molecule has 0 atom stereocenters. The van der Waals surface area contributed by atoms with Gasteiger partial charge in [0.25, 0.3) is 0 Å². The molecule has 0 aliphatic carbocycles. The van der Waals surface area contributed by atoms with E-state index in [-0.39, 0.29) is 11.7 Å². The summed E-state index contributed by atoms with van der Waals surface area (Å²) in [5.74, 6) is -0.00473. The van der Waals surface area contributed by atoms with Crippen molar-refractivity contribution in [2.75, 3.05) is 16.2 Å². The number of fused-ring (bicyclic) bond motifs is 1. The van der Waals surface area contributed by atoms with Gasteiger partial charge in [-0.1, -0.05) is 11.3 Å². The number of pyridine rings is 1. The van der Waals surface area contributed by atoms with Crippen LogP contribution in [-0.2, 0) is 10.0 Å². The van der Waals surface area contributed by atoms with Crippen molar-refractivity contribution < 1.29 is 18.3 Å². The van der Waals surface area contributed by atoms with Gasteiger partial charge in [-0.15, -0.1) is 0 Å². The Morgan fingerprint density at radius 3 is 2.36 bits per heavy atom. The lowest BCUT2D eigenvalue weighted by Gasteiger charge is -2.19. The number of carbonyl (C=O) groups is 1. The second-order valence-electron chi connectivity index (χ2n) is 8.87. The summed E-state index contributed by atoms with van der Waals surface area (Å²) < 4.78 is 27.0. The summed E-state index contributed by atoms with van der Waals surface area (Å²) in [5, 5.41) is 10.1. The number of amides is 2. The molecule has 3 heterocycles. The number of aromatic nitrogens is 4. The molecule has 188 valence electrons. The molecule has 3 aromatic heterocycles. The number of benzene rings is 1. The summed E-state index contributed by atoms with van der Waals surface area (Å²) in [5.41, 5.74) is 8.77. The summed E-state index contributed by atoms with van der Waals surface area (Å²) >= 11 is 1.30. The number of anilines is 2. The number of urea groups is 1. The lowest BCUT2D eigenvalue weighted by molar-refractivity contribution is 0.254. The lowest BCUT2D eigenvalue weighted by Crippen LogP contribution is -2.35. The van der Waals surface area contributed by atoms with Gasteiger partial charge in [0.05, 0.1) is 26.9 Å². The second kappa shape index (κ2) is 9.32. The van der Waals surface area contributed by atoms with E-state index in [1.807, 2.05) is 12.1 Å². The maximum Gasteiger partial charge on any atom is 0.321 e. The monoisotopic (exact) mass is 527 g/mol. The van der Waals surface area contributed by atoms with E-state index in [9.17, 15) is 18.3 Å². The fourth-order valence-electron chi connectivity index (χ4n) is 3.23. The smallest absolute Gasteiger partial charge is 0.321 e.